The van der Waals surface area contributed by atoms with Crippen LogP contribution in [-0.2, 0) is 9.84 Å². The maximum atomic E-state index is 11.9. The average molecular weight is 306 g/mol. The zero-order valence-electron chi connectivity index (χ0n) is 11.3. The lowest BCUT2D eigenvalue weighted by molar-refractivity contribution is 0.100. The summed E-state index contributed by atoms with van der Waals surface area (Å²) in [5.41, 5.74) is 10.8. The Hall–Kier alpha value is -2.40. The number of rotatable bonds is 3. The number of sulfone groups is 1. The second-order valence-electron chi connectivity index (χ2n) is 4.94. The third kappa shape index (κ3) is 3.20. The molecule has 0 radical (unpaired) electrons. The normalized spacial score (nSPS) is 14.3. The number of aliphatic imine (C=N–C) groups is 1. The molecule has 1 aromatic carbocycles. The molecule has 0 spiro atoms. The molecular formula is C13H14N4O3S. The maximum absolute atomic E-state index is 11.9. The molecule has 2 rings (SSSR count). The number of nitrogens with two attached hydrogens (primary N) is 2. The highest BCUT2D eigenvalue weighted by molar-refractivity contribution is 7.90. The van der Waals surface area contributed by atoms with Gasteiger partial charge < -0.3 is 11.5 Å². The smallest absolute Gasteiger partial charge is 0.281 e. The lowest BCUT2D eigenvalue weighted by Gasteiger charge is -2.10. The van der Waals surface area contributed by atoms with Crippen LogP contribution in [0.5, 0.6) is 0 Å². The Labute approximate surface area is 122 Å². The minimum Gasteiger partial charge on any atom is -0.370 e. The molecule has 110 valence electrons. The summed E-state index contributed by atoms with van der Waals surface area (Å²) in [6.45, 7) is 0. The van der Waals surface area contributed by atoms with E-state index in [9.17, 15) is 13.2 Å². The van der Waals surface area contributed by atoms with Crippen LogP contribution in [0.1, 0.15) is 40.2 Å². The molecule has 1 fully saturated rings. The SMILES string of the molecule is CS(=O)(=O)c1cc(C(=O)N=C(N)N)c(C#N)cc1C1CC1. The van der Waals surface area contributed by atoms with Crippen LogP contribution in [0.4, 0.5) is 0 Å². The fraction of sp³-hybridized carbons (Fsp3) is 0.308. The van der Waals surface area contributed by atoms with E-state index in [1.54, 1.807) is 0 Å². The third-order valence-electron chi connectivity index (χ3n) is 3.15. The van der Waals surface area contributed by atoms with Gasteiger partial charge in [0.2, 0.25) is 0 Å². The molecule has 0 unspecified atom stereocenters. The van der Waals surface area contributed by atoms with E-state index in [4.69, 9.17) is 16.7 Å². The number of carbonyl (C=O) groups is 1. The molecule has 1 aromatic rings. The van der Waals surface area contributed by atoms with E-state index in [1.807, 2.05) is 6.07 Å². The second-order valence-corrected chi connectivity index (χ2v) is 6.92. The van der Waals surface area contributed by atoms with Crippen LogP contribution in [-0.4, -0.2) is 26.5 Å². The molecule has 7 nitrogen and oxygen atoms in total. The number of hydrogen-bond acceptors (Lipinski definition) is 4. The first kappa shape index (κ1) is 15.0. The molecule has 8 heteroatoms. The zero-order valence-corrected chi connectivity index (χ0v) is 12.1. The van der Waals surface area contributed by atoms with Crippen molar-refractivity contribution >= 4 is 21.7 Å². The Morgan fingerprint density at radius 1 is 1.38 bits per heavy atom. The average Bonchev–Trinajstić information content (AvgIpc) is 3.19. The van der Waals surface area contributed by atoms with Gasteiger partial charge in [-0.2, -0.15) is 10.3 Å². The summed E-state index contributed by atoms with van der Waals surface area (Å²) in [6, 6.07) is 4.52. The van der Waals surface area contributed by atoms with Crippen molar-refractivity contribution in [3.05, 3.63) is 28.8 Å². The molecular weight excluding hydrogens is 292 g/mol. The fourth-order valence-corrected chi connectivity index (χ4v) is 3.06. The number of amides is 1. The summed E-state index contributed by atoms with van der Waals surface area (Å²) < 4.78 is 23.8. The number of benzene rings is 1. The van der Waals surface area contributed by atoms with Crippen LogP contribution in [0.2, 0.25) is 0 Å². The number of carbonyl (C=O) groups excluding carboxylic acids is 1. The van der Waals surface area contributed by atoms with Crippen LogP contribution in [0, 0.1) is 11.3 Å². The van der Waals surface area contributed by atoms with Gasteiger partial charge in [0, 0.05) is 6.26 Å². The number of nitrogens with zero attached hydrogens (tertiary/aromatic N) is 2. The van der Waals surface area contributed by atoms with Crippen molar-refractivity contribution in [2.45, 2.75) is 23.7 Å². The highest BCUT2D eigenvalue weighted by atomic mass is 32.2. The Balaban J connectivity index is 2.69. The van der Waals surface area contributed by atoms with Crippen LogP contribution in [0.3, 0.4) is 0 Å². The van der Waals surface area contributed by atoms with Crippen molar-refractivity contribution in [3.8, 4) is 6.07 Å². The first-order valence-electron chi connectivity index (χ1n) is 6.16. The Morgan fingerprint density at radius 3 is 2.43 bits per heavy atom. The molecule has 0 aliphatic heterocycles. The van der Waals surface area contributed by atoms with Gasteiger partial charge in [0.05, 0.1) is 22.1 Å². The van der Waals surface area contributed by atoms with E-state index in [-0.39, 0.29) is 21.9 Å². The predicted molar refractivity (Wildman–Crippen MR) is 76.4 cm³/mol. The number of nitriles is 1. The standard InChI is InChI=1S/C13H14N4O3S/c1-21(19,20)11-5-10(12(18)17-13(15)16)8(6-14)4-9(11)7-2-3-7/h4-5,7H,2-3H2,1H3,(H4,15,16,17,18). The monoisotopic (exact) mass is 306 g/mol. The van der Waals surface area contributed by atoms with Crippen molar-refractivity contribution in [2.75, 3.05) is 6.26 Å². The molecule has 21 heavy (non-hydrogen) atoms. The predicted octanol–water partition coefficient (Wildman–Crippen LogP) is 0.253. The quantitative estimate of drug-likeness (QED) is 0.606. The van der Waals surface area contributed by atoms with Crippen LogP contribution >= 0.6 is 0 Å². The van der Waals surface area contributed by atoms with Gasteiger partial charge in [0.1, 0.15) is 0 Å². The molecule has 0 atom stereocenters. The molecule has 1 amide bonds. The van der Waals surface area contributed by atoms with Gasteiger partial charge >= 0.3 is 0 Å². The van der Waals surface area contributed by atoms with Gasteiger partial charge in [0.15, 0.2) is 15.8 Å². The Morgan fingerprint density at radius 2 is 2.00 bits per heavy atom. The summed E-state index contributed by atoms with van der Waals surface area (Å²) in [7, 11) is -3.52. The van der Waals surface area contributed by atoms with Gasteiger partial charge in [-0.3, -0.25) is 4.79 Å². The van der Waals surface area contributed by atoms with E-state index in [2.05, 4.69) is 4.99 Å². The minimum atomic E-state index is -3.52. The topological polar surface area (TPSA) is 139 Å². The number of hydrogen-bond donors (Lipinski definition) is 2. The summed E-state index contributed by atoms with van der Waals surface area (Å²) in [5, 5.41) is 9.16. The molecule has 1 aliphatic carbocycles. The third-order valence-corrected chi connectivity index (χ3v) is 4.30. The Bertz CT molecular complexity index is 782. The fourth-order valence-electron chi connectivity index (χ4n) is 2.08. The van der Waals surface area contributed by atoms with E-state index >= 15 is 0 Å². The van der Waals surface area contributed by atoms with Gasteiger partial charge in [-0.15, -0.1) is 0 Å². The summed E-state index contributed by atoms with van der Waals surface area (Å²) in [6.07, 6.45) is 2.80. The van der Waals surface area contributed by atoms with E-state index in [0.717, 1.165) is 19.1 Å². The molecule has 1 saturated carbocycles. The van der Waals surface area contributed by atoms with Crippen LogP contribution < -0.4 is 11.5 Å². The molecule has 4 N–H and O–H groups in total. The lowest BCUT2D eigenvalue weighted by Crippen LogP contribution is -2.24. The molecule has 0 aromatic heterocycles. The molecule has 0 heterocycles. The van der Waals surface area contributed by atoms with E-state index in [1.165, 1.54) is 12.1 Å². The highest BCUT2D eigenvalue weighted by Crippen LogP contribution is 2.43. The van der Waals surface area contributed by atoms with Crippen molar-refractivity contribution in [3.63, 3.8) is 0 Å². The minimum absolute atomic E-state index is 0.0538. The van der Waals surface area contributed by atoms with Gasteiger partial charge in [-0.05, 0) is 36.5 Å². The zero-order chi connectivity index (χ0) is 15.8. The first-order chi connectivity index (χ1) is 9.74. The summed E-state index contributed by atoms with van der Waals surface area (Å²) >= 11 is 0. The van der Waals surface area contributed by atoms with Crippen molar-refractivity contribution < 1.29 is 13.2 Å². The summed E-state index contributed by atoms with van der Waals surface area (Å²) in [4.78, 5) is 15.3. The Kier molecular flexibility index (Phi) is 3.70. The lowest BCUT2D eigenvalue weighted by atomic mass is 10.0. The maximum Gasteiger partial charge on any atom is 0.281 e. The van der Waals surface area contributed by atoms with Crippen molar-refractivity contribution in [1.29, 1.82) is 5.26 Å². The van der Waals surface area contributed by atoms with Gasteiger partial charge in [-0.1, -0.05) is 0 Å². The van der Waals surface area contributed by atoms with E-state index < -0.39 is 21.7 Å². The van der Waals surface area contributed by atoms with E-state index in [0.29, 0.717) is 5.56 Å². The molecule has 0 bridgehead atoms. The van der Waals surface area contributed by atoms with Gasteiger partial charge in [0.25, 0.3) is 5.91 Å². The van der Waals surface area contributed by atoms with Gasteiger partial charge in [-0.25, -0.2) is 8.42 Å². The number of guanidine groups is 1. The summed E-state index contributed by atoms with van der Waals surface area (Å²) in [5.74, 6) is -1.16. The van der Waals surface area contributed by atoms with Crippen molar-refractivity contribution in [2.24, 2.45) is 16.5 Å². The second kappa shape index (κ2) is 5.18. The van der Waals surface area contributed by atoms with Crippen LogP contribution in [0.15, 0.2) is 22.0 Å². The van der Waals surface area contributed by atoms with Crippen molar-refractivity contribution in [1.82, 2.24) is 0 Å². The largest absolute Gasteiger partial charge is 0.370 e. The first-order valence-corrected chi connectivity index (χ1v) is 8.05. The molecule has 1 aliphatic rings. The van der Waals surface area contributed by atoms with Crippen LogP contribution in [0.25, 0.3) is 0 Å². The molecule has 0 saturated heterocycles. The highest BCUT2D eigenvalue weighted by Gasteiger charge is 2.31.